The fourth-order valence-electron chi connectivity index (χ4n) is 5.80. The summed E-state index contributed by atoms with van der Waals surface area (Å²) in [5.41, 5.74) is 5.36. The quantitative estimate of drug-likeness (QED) is 0.0273. The van der Waals surface area contributed by atoms with Gasteiger partial charge in [-0.1, -0.05) is 184 Å². The molecular formula is C45H82NO7P. The van der Waals surface area contributed by atoms with Crippen LogP contribution in [0.15, 0.2) is 60.8 Å². The number of rotatable bonds is 41. The van der Waals surface area contributed by atoms with Crippen molar-refractivity contribution in [1.82, 2.24) is 0 Å². The highest BCUT2D eigenvalue weighted by Crippen LogP contribution is 2.43. The zero-order chi connectivity index (χ0) is 39.5. The van der Waals surface area contributed by atoms with Gasteiger partial charge in [-0.2, -0.15) is 0 Å². The Kier molecular flexibility index (Phi) is 40.9. The van der Waals surface area contributed by atoms with Crippen molar-refractivity contribution in [1.29, 1.82) is 0 Å². The van der Waals surface area contributed by atoms with Gasteiger partial charge in [-0.05, 0) is 51.4 Å². The molecule has 0 aromatic rings. The molecule has 0 saturated heterocycles. The number of unbranched alkanes of at least 4 members (excludes halogenated alkanes) is 18. The smallest absolute Gasteiger partial charge is 0.457 e. The highest BCUT2D eigenvalue weighted by molar-refractivity contribution is 7.47. The molecule has 0 spiro atoms. The highest BCUT2D eigenvalue weighted by atomic mass is 31.2. The van der Waals surface area contributed by atoms with Crippen LogP contribution in [0.5, 0.6) is 0 Å². The maximum absolute atomic E-state index is 12.6. The second kappa shape index (κ2) is 42.3. The number of hydrogen-bond donors (Lipinski definition) is 2. The van der Waals surface area contributed by atoms with Gasteiger partial charge in [-0.25, -0.2) is 4.57 Å². The van der Waals surface area contributed by atoms with Crippen LogP contribution in [0.25, 0.3) is 0 Å². The summed E-state index contributed by atoms with van der Waals surface area (Å²) in [7, 11) is -4.29. The predicted molar refractivity (Wildman–Crippen MR) is 229 cm³/mol. The maximum Gasteiger partial charge on any atom is 0.472 e. The molecule has 0 rings (SSSR count). The van der Waals surface area contributed by atoms with Crippen molar-refractivity contribution in [2.24, 2.45) is 5.73 Å². The zero-order valence-electron chi connectivity index (χ0n) is 34.7. The number of allylic oxidation sites excluding steroid dienone is 10. The Morgan fingerprint density at radius 3 is 1.48 bits per heavy atom. The summed E-state index contributed by atoms with van der Waals surface area (Å²) in [6.45, 7) is 4.74. The van der Waals surface area contributed by atoms with Crippen LogP contribution in [0.2, 0.25) is 0 Å². The molecule has 8 nitrogen and oxygen atoms in total. The zero-order valence-corrected chi connectivity index (χ0v) is 35.6. The van der Waals surface area contributed by atoms with Crippen molar-refractivity contribution in [3.05, 3.63) is 60.8 Å². The van der Waals surface area contributed by atoms with E-state index in [-0.39, 0.29) is 38.8 Å². The molecule has 0 radical (unpaired) electrons. The Morgan fingerprint density at radius 2 is 1.02 bits per heavy atom. The molecule has 0 aliphatic rings. The summed E-state index contributed by atoms with van der Waals surface area (Å²) in [6, 6.07) is 0. The summed E-state index contributed by atoms with van der Waals surface area (Å²) in [4.78, 5) is 22.4. The first kappa shape index (κ1) is 52.2. The molecule has 0 bridgehead atoms. The Balaban J connectivity index is 4.11. The summed E-state index contributed by atoms with van der Waals surface area (Å²) in [5.74, 6) is -0.386. The lowest BCUT2D eigenvalue weighted by Gasteiger charge is -2.20. The number of nitrogens with two attached hydrogens (primary N) is 1. The minimum absolute atomic E-state index is 0.0900. The topological polar surface area (TPSA) is 117 Å². The molecule has 0 aliphatic heterocycles. The first-order valence-electron chi connectivity index (χ1n) is 21.8. The first-order chi connectivity index (χ1) is 26.4. The number of phosphoric acid groups is 1. The van der Waals surface area contributed by atoms with E-state index in [1.54, 1.807) is 0 Å². The van der Waals surface area contributed by atoms with Crippen molar-refractivity contribution in [3.63, 3.8) is 0 Å². The largest absolute Gasteiger partial charge is 0.472 e. The van der Waals surface area contributed by atoms with Gasteiger partial charge < -0.3 is 20.1 Å². The third-order valence-electron chi connectivity index (χ3n) is 8.95. The van der Waals surface area contributed by atoms with Gasteiger partial charge >= 0.3 is 13.8 Å². The number of carbonyl (C=O) groups is 1. The third kappa shape index (κ3) is 41.4. The molecule has 3 N–H and O–H groups in total. The molecule has 0 aromatic heterocycles. The van der Waals surface area contributed by atoms with Crippen molar-refractivity contribution in [3.8, 4) is 0 Å². The number of hydrogen-bond acceptors (Lipinski definition) is 7. The van der Waals surface area contributed by atoms with E-state index in [2.05, 4.69) is 74.6 Å². The summed E-state index contributed by atoms with van der Waals surface area (Å²) < 4.78 is 33.4. The van der Waals surface area contributed by atoms with Crippen molar-refractivity contribution >= 4 is 13.8 Å². The van der Waals surface area contributed by atoms with E-state index < -0.39 is 13.9 Å². The van der Waals surface area contributed by atoms with E-state index in [0.29, 0.717) is 13.0 Å². The monoisotopic (exact) mass is 780 g/mol. The second-order valence-electron chi connectivity index (χ2n) is 14.2. The Labute approximate surface area is 332 Å². The van der Waals surface area contributed by atoms with Gasteiger partial charge in [-0.15, -0.1) is 0 Å². The van der Waals surface area contributed by atoms with E-state index in [1.165, 1.54) is 103 Å². The summed E-state index contributed by atoms with van der Waals surface area (Å²) in [6.07, 6.45) is 51.1. The lowest BCUT2D eigenvalue weighted by molar-refractivity contribution is -0.154. The Hall–Kier alpha value is -1.80. The van der Waals surface area contributed by atoms with Gasteiger partial charge in [0.25, 0.3) is 0 Å². The molecule has 314 valence electrons. The molecule has 0 aromatic carbocycles. The summed E-state index contributed by atoms with van der Waals surface area (Å²) in [5, 5.41) is 0. The van der Waals surface area contributed by atoms with Crippen LogP contribution < -0.4 is 5.73 Å². The molecule has 0 amide bonds. The molecule has 0 fully saturated rings. The van der Waals surface area contributed by atoms with Gasteiger partial charge in [0, 0.05) is 19.6 Å². The van der Waals surface area contributed by atoms with Crippen LogP contribution in [0.3, 0.4) is 0 Å². The van der Waals surface area contributed by atoms with E-state index in [4.69, 9.17) is 24.3 Å². The van der Waals surface area contributed by atoms with Crippen LogP contribution in [0, 0.1) is 0 Å². The van der Waals surface area contributed by atoms with E-state index in [0.717, 1.165) is 51.4 Å². The second-order valence-corrected chi connectivity index (χ2v) is 15.6. The third-order valence-corrected chi connectivity index (χ3v) is 9.93. The average Bonchev–Trinajstić information content (AvgIpc) is 3.16. The van der Waals surface area contributed by atoms with E-state index in [1.807, 2.05) is 0 Å². The van der Waals surface area contributed by atoms with E-state index in [9.17, 15) is 14.3 Å². The molecule has 9 heteroatoms. The van der Waals surface area contributed by atoms with Gasteiger partial charge in [-0.3, -0.25) is 13.8 Å². The van der Waals surface area contributed by atoms with Crippen molar-refractivity contribution in [2.45, 2.75) is 187 Å². The number of esters is 1. The molecular weight excluding hydrogens is 697 g/mol. The SMILES string of the molecule is CC/C=C\C/C=C\C/C=C\C/C=C\C/C=C\CCCC(=O)O[C@H](COCCCCCCCCCCCCCCCCCCCC)COP(=O)(O)OCCN. The first-order valence-corrected chi connectivity index (χ1v) is 23.3. The molecule has 54 heavy (non-hydrogen) atoms. The van der Waals surface area contributed by atoms with E-state index >= 15 is 0 Å². The summed E-state index contributed by atoms with van der Waals surface area (Å²) >= 11 is 0. The standard InChI is InChI=1S/C45H82NO7P/c1-3-5-7-9-11-13-15-17-19-21-23-25-27-29-31-33-35-37-40-50-42-44(43-52-54(48,49)51-41-39-46)53-45(47)38-36-34-32-30-28-26-24-22-20-18-16-14-12-10-8-6-4-2/h6,8,12,14,18,20,24,26,30,32,44H,3-5,7,9-11,13,15-17,19,21-23,25,27-29,31,33-43,46H2,1-2H3,(H,48,49)/b8-6-,14-12-,20-18-,26-24-,32-30-/t44-/m1/s1. The number of ether oxygens (including phenoxy) is 2. The number of carbonyl (C=O) groups excluding carboxylic acids is 1. The van der Waals surface area contributed by atoms with Crippen LogP contribution in [0.1, 0.15) is 181 Å². The Bertz CT molecular complexity index is 1010. The van der Waals surface area contributed by atoms with Crippen molar-refractivity contribution in [2.75, 3.05) is 33.0 Å². The molecule has 1 unspecified atom stereocenters. The minimum atomic E-state index is -4.29. The fourth-order valence-corrected chi connectivity index (χ4v) is 6.56. The molecule has 0 heterocycles. The number of phosphoric ester groups is 1. The van der Waals surface area contributed by atoms with Gasteiger partial charge in [0.1, 0.15) is 6.10 Å². The van der Waals surface area contributed by atoms with Gasteiger partial charge in [0.15, 0.2) is 0 Å². The molecule has 2 atom stereocenters. The fraction of sp³-hybridized carbons (Fsp3) is 0.756. The van der Waals surface area contributed by atoms with Crippen LogP contribution in [-0.2, 0) is 27.9 Å². The molecule has 0 saturated carbocycles. The Morgan fingerprint density at radius 1 is 0.574 bits per heavy atom. The van der Waals surface area contributed by atoms with Crippen LogP contribution in [-0.4, -0.2) is 49.9 Å². The van der Waals surface area contributed by atoms with Gasteiger partial charge in [0.2, 0.25) is 0 Å². The van der Waals surface area contributed by atoms with Gasteiger partial charge in [0.05, 0.1) is 19.8 Å². The maximum atomic E-state index is 12.6. The van der Waals surface area contributed by atoms with Crippen LogP contribution >= 0.6 is 7.82 Å². The normalized spacial score (nSPS) is 14.1. The minimum Gasteiger partial charge on any atom is -0.457 e. The lowest BCUT2D eigenvalue weighted by Crippen LogP contribution is -2.28. The molecule has 0 aliphatic carbocycles. The van der Waals surface area contributed by atoms with Crippen molar-refractivity contribution < 1.29 is 32.8 Å². The highest BCUT2D eigenvalue weighted by Gasteiger charge is 2.25. The van der Waals surface area contributed by atoms with Crippen LogP contribution in [0.4, 0.5) is 0 Å². The lowest BCUT2D eigenvalue weighted by atomic mass is 10.0. The average molecular weight is 780 g/mol. The predicted octanol–water partition coefficient (Wildman–Crippen LogP) is 13.0.